The number of anilines is 1. The Morgan fingerprint density at radius 2 is 1.68 bits per heavy atom. The van der Waals surface area contributed by atoms with Gasteiger partial charge in [0.05, 0.1) is 6.04 Å². The average Bonchev–Trinajstić information content (AvgIpc) is 2.50. The fourth-order valence-electron chi connectivity index (χ4n) is 2.36. The van der Waals surface area contributed by atoms with Gasteiger partial charge < -0.3 is 10.6 Å². The minimum atomic E-state index is 0.227. The Morgan fingerprint density at radius 1 is 1.00 bits per heavy atom. The molecule has 0 fully saturated rings. The lowest BCUT2D eigenvalue weighted by atomic mass is 9.99. The Labute approximate surface area is 139 Å². The van der Waals surface area contributed by atoms with Crippen molar-refractivity contribution in [1.29, 1.82) is 0 Å². The number of thiocarbonyl (C=S) groups is 1. The first kappa shape index (κ1) is 16.5. The van der Waals surface area contributed by atoms with Gasteiger partial charge >= 0.3 is 0 Å². The molecule has 0 spiro atoms. The summed E-state index contributed by atoms with van der Waals surface area (Å²) < 4.78 is 0. The summed E-state index contributed by atoms with van der Waals surface area (Å²) in [5.74, 6) is 0. The summed E-state index contributed by atoms with van der Waals surface area (Å²) in [6, 6.07) is 15.1. The van der Waals surface area contributed by atoms with Gasteiger partial charge in [-0.1, -0.05) is 42.8 Å². The summed E-state index contributed by atoms with van der Waals surface area (Å²) in [7, 11) is 0. The molecule has 2 N–H and O–H groups in total. The van der Waals surface area contributed by atoms with Crippen molar-refractivity contribution in [3.05, 3.63) is 64.7 Å². The van der Waals surface area contributed by atoms with Gasteiger partial charge in [0.25, 0.3) is 0 Å². The number of rotatable bonds is 4. The van der Waals surface area contributed by atoms with Crippen molar-refractivity contribution >= 4 is 23.0 Å². The van der Waals surface area contributed by atoms with Gasteiger partial charge in [0, 0.05) is 5.69 Å². The zero-order chi connectivity index (χ0) is 16.1. The lowest BCUT2D eigenvalue weighted by Gasteiger charge is -2.21. The van der Waals surface area contributed by atoms with Crippen LogP contribution in [0.2, 0.25) is 0 Å². The van der Waals surface area contributed by atoms with Gasteiger partial charge in [-0.15, -0.1) is 0 Å². The van der Waals surface area contributed by atoms with Crippen LogP contribution in [0.1, 0.15) is 41.6 Å². The van der Waals surface area contributed by atoms with Crippen LogP contribution in [0, 0.1) is 20.8 Å². The van der Waals surface area contributed by atoms with Crippen LogP contribution < -0.4 is 10.6 Å². The Kier molecular flexibility index (Phi) is 5.56. The summed E-state index contributed by atoms with van der Waals surface area (Å²) in [5.41, 5.74) is 6.16. The first-order chi connectivity index (χ1) is 10.5. The van der Waals surface area contributed by atoms with Crippen LogP contribution in [0.3, 0.4) is 0 Å². The molecule has 2 rings (SSSR count). The van der Waals surface area contributed by atoms with E-state index in [0.717, 1.165) is 12.1 Å². The Balaban J connectivity index is 2.04. The van der Waals surface area contributed by atoms with Crippen LogP contribution in [0.25, 0.3) is 0 Å². The number of hydrogen-bond acceptors (Lipinski definition) is 1. The van der Waals surface area contributed by atoms with Crippen LogP contribution in [-0.4, -0.2) is 5.11 Å². The Bertz CT molecular complexity index is 647. The van der Waals surface area contributed by atoms with E-state index in [1.54, 1.807) is 0 Å². The van der Waals surface area contributed by atoms with E-state index in [0.29, 0.717) is 5.11 Å². The van der Waals surface area contributed by atoms with Gasteiger partial charge in [0.2, 0.25) is 0 Å². The monoisotopic (exact) mass is 312 g/mol. The number of hydrogen-bond donors (Lipinski definition) is 2. The van der Waals surface area contributed by atoms with Gasteiger partial charge in [-0.25, -0.2) is 0 Å². The second kappa shape index (κ2) is 7.41. The highest BCUT2D eigenvalue weighted by atomic mass is 32.1. The molecule has 0 aliphatic carbocycles. The van der Waals surface area contributed by atoms with Gasteiger partial charge in [-0.3, -0.25) is 0 Å². The fraction of sp³-hybridized carbons (Fsp3) is 0.316. The summed E-state index contributed by atoms with van der Waals surface area (Å²) in [5, 5.41) is 7.32. The SMILES string of the molecule is CCC(NC(=S)Nc1ccc(C)cc1)c1ccc(C)c(C)c1. The molecular weight excluding hydrogens is 288 g/mol. The van der Waals surface area contributed by atoms with Crippen molar-refractivity contribution in [2.45, 2.75) is 40.2 Å². The average molecular weight is 312 g/mol. The van der Waals surface area contributed by atoms with E-state index in [2.05, 4.69) is 68.7 Å². The maximum absolute atomic E-state index is 5.45. The second-order valence-electron chi connectivity index (χ2n) is 5.77. The highest BCUT2D eigenvalue weighted by Gasteiger charge is 2.11. The molecule has 0 saturated heterocycles. The minimum absolute atomic E-state index is 0.227. The van der Waals surface area contributed by atoms with Gasteiger partial charge in [-0.05, 0) is 68.2 Å². The van der Waals surface area contributed by atoms with Crippen molar-refractivity contribution in [1.82, 2.24) is 5.32 Å². The summed E-state index contributed by atoms with van der Waals surface area (Å²) >= 11 is 5.45. The van der Waals surface area contributed by atoms with Crippen LogP contribution in [-0.2, 0) is 0 Å². The molecule has 2 aromatic rings. The molecule has 0 saturated carbocycles. The largest absolute Gasteiger partial charge is 0.356 e. The van der Waals surface area contributed by atoms with E-state index in [4.69, 9.17) is 12.2 Å². The molecule has 0 heterocycles. The molecule has 3 heteroatoms. The van der Waals surface area contributed by atoms with Gasteiger partial charge in [0.1, 0.15) is 0 Å². The quantitative estimate of drug-likeness (QED) is 0.773. The molecule has 0 aliphatic rings. The van der Waals surface area contributed by atoms with Crippen molar-refractivity contribution in [3.8, 4) is 0 Å². The number of benzene rings is 2. The van der Waals surface area contributed by atoms with Crippen LogP contribution in [0.5, 0.6) is 0 Å². The third kappa shape index (κ3) is 4.31. The molecule has 0 bridgehead atoms. The molecular formula is C19H24N2S. The zero-order valence-corrected chi connectivity index (χ0v) is 14.6. The fourth-order valence-corrected chi connectivity index (χ4v) is 2.62. The third-order valence-corrected chi connectivity index (χ3v) is 4.18. The zero-order valence-electron chi connectivity index (χ0n) is 13.7. The summed E-state index contributed by atoms with van der Waals surface area (Å²) in [6.07, 6.45) is 0.984. The molecule has 0 aliphatic heterocycles. The lowest BCUT2D eigenvalue weighted by Crippen LogP contribution is -2.32. The van der Waals surface area contributed by atoms with Crippen molar-refractivity contribution in [3.63, 3.8) is 0 Å². The van der Waals surface area contributed by atoms with Crippen LogP contribution in [0.4, 0.5) is 5.69 Å². The molecule has 2 nitrogen and oxygen atoms in total. The van der Waals surface area contributed by atoms with Crippen molar-refractivity contribution in [2.24, 2.45) is 0 Å². The molecule has 116 valence electrons. The topological polar surface area (TPSA) is 24.1 Å². The standard InChI is InChI=1S/C19H24N2S/c1-5-18(16-9-8-14(3)15(4)12-16)21-19(22)20-17-10-6-13(2)7-11-17/h6-12,18H,5H2,1-4H3,(H2,20,21,22). The Hall–Kier alpha value is -1.87. The molecule has 1 atom stereocenters. The van der Waals surface area contributed by atoms with E-state index in [9.17, 15) is 0 Å². The van der Waals surface area contributed by atoms with E-state index < -0.39 is 0 Å². The molecule has 0 radical (unpaired) electrons. The number of aryl methyl sites for hydroxylation is 3. The van der Waals surface area contributed by atoms with E-state index in [1.807, 2.05) is 12.1 Å². The predicted octanol–water partition coefficient (Wildman–Crippen LogP) is 5.05. The molecule has 22 heavy (non-hydrogen) atoms. The van der Waals surface area contributed by atoms with E-state index in [1.165, 1.54) is 22.3 Å². The lowest BCUT2D eigenvalue weighted by molar-refractivity contribution is 0.628. The number of nitrogens with one attached hydrogen (secondary N) is 2. The van der Waals surface area contributed by atoms with E-state index in [-0.39, 0.29) is 6.04 Å². The van der Waals surface area contributed by atoms with Crippen LogP contribution in [0.15, 0.2) is 42.5 Å². The van der Waals surface area contributed by atoms with Gasteiger partial charge in [0.15, 0.2) is 5.11 Å². The molecule has 2 aromatic carbocycles. The molecule has 0 amide bonds. The van der Waals surface area contributed by atoms with Gasteiger partial charge in [-0.2, -0.15) is 0 Å². The predicted molar refractivity (Wildman–Crippen MR) is 99.5 cm³/mol. The normalized spacial score (nSPS) is 11.8. The summed E-state index contributed by atoms with van der Waals surface area (Å²) in [6.45, 7) is 8.53. The second-order valence-corrected chi connectivity index (χ2v) is 6.18. The first-order valence-electron chi connectivity index (χ1n) is 7.71. The maximum Gasteiger partial charge on any atom is 0.171 e. The molecule has 1 unspecified atom stereocenters. The first-order valence-corrected chi connectivity index (χ1v) is 8.11. The van der Waals surface area contributed by atoms with Crippen LogP contribution >= 0.6 is 12.2 Å². The minimum Gasteiger partial charge on any atom is -0.356 e. The van der Waals surface area contributed by atoms with Crippen molar-refractivity contribution < 1.29 is 0 Å². The molecule has 0 aromatic heterocycles. The van der Waals surface area contributed by atoms with E-state index >= 15 is 0 Å². The van der Waals surface area contributed by atoms with Crippen molar-refractivity contribution in [2.75, 3.05) is 5.32 Å². The Morgan fingerprint density at radius 3 is 2.27 bits per heavy atom. The third-order valence-electron chi connectivity index (χ3n) is 3.96. The highest BCUT2D eigenvalue weighted by Crippen LogP contribution is 2.20. The smallest absolute Gasteiger partial charge is 0.171 e. The maximum atomic E-state index is 5.45. The summed E-state index contributed by atoms with van der Waals surface area (Å²) in [4.78, 5) is 0. The highest BCUT2D eigenvalue weighted by molar-refractivity contribution is 7.80.